The maximum atomic E-state index is 13.4. The smallest absolute Gasteiger partial charge is 0.382 e. The van der Waals surface area contributed by atoms with Gasteiger partial charge in [-0.1, -0.05) is 6.92 Å². The van der Waals surface area contributed by atoms with Crippen LogP contribution in [0.2, 0.25) is 0 Å². The number of halogens is 2. The zero-order valence-electron chi connectivity index (χ0n) is 8.55. The van der Waals surface area contributed by atoms with Gasteiger partial charge in [-0.25, -0.2) is 4.79 Å². The van der Waals surface area contributed by atoms with Crippen LogP contribution in [0.4, 0.5) is 8.78 Å². The van der Waals surface area contributed by atoms with Crippen LogP contribution in [0.5, 0.6) is 0 Å². The Balaban J connectivity index is 2.89. The van der Waals surface area contributed by atoms with E-state index in [-0.39, 0.29) is 11.5 Å². The molecule has 0 bridgehead atoms. The number of ether oxygens (including phenoxy) is 1. The second-order valence-electron chi connectivity index (χ2n) is 2.91. The molecule has 84 valence electrons. The van der Waals surface area contributed by atoms with Gasteiger partial charge in [-0.3, -0.25) is 0 Å². The number of aryl methyl sites for hydroxylation is 1. The lowest BCUT2D eigenvalue weighted by atomic mass is 10.2. The summed E-state index contributed by atoms with van der Waals surface area (Å²) in [7, 11) is 0. The van der Waals surface area contributed by atoms with Crippen LogP contribution in [-0.4, -0.2) is 12.6 Å². The van der Waals surface area contributed by atoms with Crippen molar-refractivity contribution in [2.75, 3.05) is 6.61 Å². The number of hydrogen-bond donors (Lipinski definition) is 0. The van der Waals surface area contributed by atoms with Crippen molar-refractivity contribution in [2.45, 2.75) is 26.2 Å². The van der Waals surface area contributed by atoms with Crippen molar-refractivity contribution in [3.8, 4) is 0 Å². The van der Waals surface area contributed by atoms with Gasteiger partial charge in [0.1, 0.15) is 0 Å². The molecule has 0 fully saturated rings. The van der Waals surface area contributed by atoms with Gasteiger partial charge in [0, 0.05) is 4.88 Å². The van der Waals surface area contributed by atoms with Gasteiger partial charge in [0.15, 0.2) is 0 Å². The molecular weight excluding hydrogens is 222 g/mol. The normalized spacial score (nSPS) is 11.5. The summed E-state index contributed by atoms with van der Waals surface area (Å²) >= 11 is 0.943. The van der Waals surface area contributed by atoms with Gasteiger partial charge < -0.3 is 4.74 Å². The standard InChI is InChI=1S/C10H12F2O2S/c1-3-7-5-6-8(15-7)10(11,12)9(13)14-4-2/h5-6H,3-4H2,1-2H3. The Morgan fingerprint density at radius 1 is 1.47 bits per heavy atom. The Labute approximate surface area is 90.9 Å². The van der Waals surface area contributed by atoms with E-state index in [9.17, 15) is 13.6 Å². The molecule has 1 aromatic heterocycles. The summed E-state index contributed by atoms with van der Waals surface area (Å²) in [5, 5.41) is 0. The van der Waals surface area contributed by atoms with Crippen LogP contribution in [0.1, 0.15) is 23.6 Å². The first kappa shape index (κ1) is 12.1. The van der Waals surface area contributed by atoms with Crippen LogP contribution in [0, 0.1) is 0 Å². The topological polar surface area (TPSA) is 26.3 Å². The molecule has 5 heteroatoms. The molecule has 15 heavy (non-hydrogen) atoms. The fourth-order valence-electron chi connectivity index (χ4n) is 1.06. The average molecular weight is 234 g/mol. The van der Waals surface area contributed by atoms with Gasteiger partial charge in [0.25, 0.3) is 0 Å². The minimum Gasteiger partial charge on any atom is -0.461 e. The average Bonchev–Trinajstić information content (AvgIpc) is 2.66. The minimum atomic E-state index is -3.52. The first-order valence-electron chi connectivity index (χ1n) is 4.66. The molecule has 0 saturated carbocycles. The lowest BCUT2D eigenvalue weighted by Crippen LogP contribution is -2.27. The van der Waals surface area contributed by atoms with E-state index in [0.717, 1.165) is 16.2 Å². The van der Waals surface area contributed by atoms with Crippen molar-refractivity contribution in [3.63, 3.8) is 0 Å². The molecule has 0 aliphatic heterocycles. The molecule has 0 unspecified atom stereocenters. The Hall–Kier alpha value is -0.970. The van der Waals surface area contributed by atoms with Gasteiger partial charge in [-0.05, 0) is 25.5 Å². The summed E-state index contributed by atoms with van der Waals surface area (Å²) < 4.78 is 31.2. The molecule has 0 radical (unpaired) electrons. The maximum Gasteiger partial charge on any atom is 0.382 e. The Kier molecular flexibility index (Phi) is 3.79. The third kappa shape index (κ3) is 2.53. The predicted octanol–water partition coefficient (Wildman–Crippen LogP) is 2.97. The zero-order valence-corrected chi connectivity index (χ0v) is 9.37. The lowest BCUT2D eigenvalue weighted by molar-refractivity contribution is -0.172. The monoisotopic (exact) mass is 234 g/mol. The molecular formula is C10H12F2O2S. The summed E-state index contributed by atoms with van der Waals surface area (Å²) in [5.41, 5.74) is 0. The van der Waals surface area contributed by atoms with Crippen LogP contribution >= 0.6 is 11.3 Å². The zero-order chi connectivity index (χ0) is 11.5. The van der Waals surface area contributed by atoms with Crippen LogP contribution in [0.25, 0.3) is 0 Å². The first-order chi connectivity index (χ1) is 7.02. The highest BCUT2D eigenvalue weighted by molar-refractivity contribution is 7.12. The van der Waals surface area contributed by atoms with Gasteiger partial charge in [0.2, 0.25) is 0 Å². The summed E-state index contributed by atoms with van der Waals surface area (Å²) in [6.07, 6.45) is 0.684. The fourth-order valence-corrected chi connectivity index (χ4v) is 1.97. The number of alkyl halides is 2. The van der Waals surface area contributed by atoms with E-state index in [2.05, 4.69) is 4.74 Å². The molecule has 0 spiro atoms. The van der Waals surface area contributed by atoms with Crippen molar-refractivity contribution in [1.29, 1.82) is 0 Å². The second kappa shape index (κ2) is 4.70. The van der Waals surface area contributed by atoms with Gasteiger partial charge >= 0.3 is 11.9 Å². The molecule has 0 aromatic carbocycles. The molecule has 1 rings (SSSR count). The van der Waals surface area contributed by atoms with Crippen molar-refractivity contribution in [3.05, 3.63) is 21.9 Å². The van der Waals surface area contributed by atoms with E-state index in [1.165, 1.54) is 13.0 Å². The van der Waals surface area contributed by atoms with Crippen LogP contribution in [0.15, 0.2) is 12.1 Å². The van der Waals surface area contributed by atoms with Crippen LogP contribution < -0.4 is 0 Å². The van der Waals surface area contributed by atoms with Gasteiger partial charge in [-0.15, -0.1) is 11.3 Å². The molecule has 1 aromatic rings. The van der Waals surface area contributed by atoms with E-state index < -0.39 is 11.9 Å². The van der Waals surface area contributed by atoms with E-state index in [0.29, 0.717) is 6.42 Å². The number of carbonyl (C=O) groups is 1. The third-order valence-corrected chi connectivity index (χ3v) is 3.15. The minimum absolute atomic E-state index is 0.0412. The molecule has 0 aliphatic rings. The van der Waals surface area contributed by atoms with E-state index in [1.807, 2.05) is 6.92 Å². The van der Waals surface area contributed by atoms with Crippen molar-refractivity contribution in [1.82, 2.24) is 0 Å². The molecule has 0 atom stereocenters. The summed E-state index contributed by atoms with van der Waals surface area (Å²) in [6, 6.07) is 2.88. The number of esters is 1. The summed E-state index contributed by atoms with van der Waals surface area (Å²) in [4.78, 5) is 11.6. The van der Waals surface area contributed by atoms with E-state index in [1.54, 1.807) is 6.07 Å². The molecule has 0 N–H and O–H groups in total. The molecule has 0 saturated heterocycles. The van der Waals surface area contributed by atoms with Crippen LogP contribution in [0.3, 0.4) is 0 Å². The Morgan fingerprint density at radius 2 is 2.13 bits per heavy atom. The number of rotatable bonds is 4. The molecule has 2 nitrogen and oxygen atoms in total. The third-order valence-electron chi connectivity index (χ3n) is 1.85. The predicted molar refractivity (Wildman–Crippen MR) is 54.2 cm³/mol. The summed E-state index contributed by atoms with van der Waals surface area (Å²) in [6.45, 7) is 3.33. The Morgan fingerprint density at radius 3 is 2.60 bits per heavy atom. The van der Waals surface area contributed by atoms with Crippen LogP contribution in [-0.2, 0) is 21.9 Å². The van der Waals surface area contributed by atoms with Gasteiger partial charge in [-0.2, -0.15) is 8.78 Å². The molecule has 0 aliphatic carbocycles. The molecule has 1 heterocycles. The van der Waals surface area contributed by atoms with Crippen molar-refractivity contribution >= 4 is 17.3 Å². The Bertz CT molecular complexity index is 347. The van der Waals surface area contributed by atoms with E-state index in [4.69, 9.17) is 0 Å². The summed E-state index contributed by atoms with van der Waals surface area (Å²) in [5.74, 6) is -5.00. The lowest BCUT2D eigenvalue weighted by Gasteiger charge is -2.12. The van der Waals surface area contributed by atoms with Crippen molar-refractivity contribution in [2.24, 2.45) is 0 Å². The second-order valence-corrected chi connectivity index (χ2v) is 4.08. The highest BCUT2D eigenvalue weighted by Gasteiger charge is 2.43. The quantitative estimate of drug-likeness (QED) is 0.749. The SMILES string of the molecule is CCOC(=O)C(F)(F)c1ccc(CC)s1. The number of hydrogen-bond acceptors (Lipinski definition) is 3. The van der Waals surface area contributed by atoms with E-state index >= 15 is 0 Å². The fraction of sp³-hybridized carbons (Fsp3) is 0.500. The highest BCUT2D eigenvalue weighted by atomic mass is 32.1. The van der Waals surface area contributed by atoms with Crippen molar-refractivity contribution < 1.29 is 18.3 Å². The number of carbonyl (C=O) groups excluding carboxylic acids is 1. The highest BCUT2D eigenvalue weighted by Crippen LogP contribution is 2.34. The van der Waals surface area contributed by atoms with Gasteiger partial charge in [0.05, 0.1) is 11.5 Å². The molecule has 0 amide bonds. The first-order valence-corrected chi connectivity index (χ1v) is 5.48. The maximum absolute atomic E-state index is 13.4. The largest absolute Gasteiger partial charge is 0.461 e. The number of thiophene rings is 1.